The van der Waals surface area contributed by atoms with Crippen molar-refractivity contribution in [3.05, 3.63) is 82.3 Å². The predicted molar refractivity (Wildman–Crippen MR) is 233 cm³/mol. The number of nitrogens with one attached hydrogen (secondary N) is 2. The minimum absolute atomic E-state index is 0.00210. The van der Waals surface area contributed by atoms with Crippen LogP contribution in [0, 0.1) is 12.3 Å². The monoisotopic (exact) mass is 851 g/mol. The number of piperidine rings is 1. The Bertz CT molecular complexity index is 2330. The van der Waals surface area contributed by atoms with Crippen LogP contribution < -0.4 is 10.6 Å². The maximum absolute atomic E-state index is 14.0. The summed E-state index contributed by atoms with van der Waals surface area (Å²) >= 11 is 3.20. The number of β-amino-alcohol motifs (C(OH)–C–C–N with tert-alkyl or cyclic N) is 1. The molecule has 2 aliphatic heterocycles. The van der Waals surface area contributed by atoms with E-state index in [4.69, 9.17) is 0 Å². The average Bonchev–Trinajstić information content (AvgIpc) is 3.98. The van der Waals surface area contributed by atoms with Crippen molar-refractivity contribution in [2.24, 2.45) is 5.41 Å². The van der Waals surface area contributed by atoms with Gasteiger partial charge in [0.15, 0.2) is 0 Å². The maximum atomic E-state index is 14.0. The van der Waals surface area contributed by atoms with Gasteiger partial charge >= 0.3 is 0 Å². The Hall–Kier alpha value is -5.25. The molecule has 0 saturated carbocycles. The fraction of sp³-hybridized carbons (Fsp3) is 0.444. The smallest absolute Gasteiger partial charge is 0.246 e. The first-order valence-corrected chi connectivity index (χ1v) is 22.3. The minimum Gasteiger partial charge on any atom is -0.507 e. The Morgan fingerprint density at radius 3 is 2.40 bits per heavy atom. The summed E-state index contributed by atoms with van der Waals surface area (Å²) in [5.41, 5.74) is 5.34. The van der Waals surface area contributed by atoms with E-state index in [-0.39, 0.29) is 49.4 Å². The summed E-state index contributed by atoms with van der Waals surface area (Å²) in [5.74, 6) is -0.500. The SMILES string of the molecule is Cc1ncsc1-c1ccc(CNC(=O)[C@@H]2C[C@@H](O)CN2C(=O)[C@@H](NC(=O)CCCCC(=O)N2CCC(c3cc4cc(-c5ccccc5O)nnc4s3)CC2)C(C)(C)C)cc1. The molecule has 2 fully saturated rings. The number of aryl methyl sites for hydroxylation is 1. The van der Waals surface area contributed by atoms with Gasteiger partial charge in [0, 0.05) is 61.3 Å². The zero-order valence-corrected chi connectivity index (χ0v) is 36.2. The van der Waals surface area contributed by atoms with E-state index in [0.29, 0.717) is 49.5 Å². The van der Waals surface area contributed by atoms with Crippen LogP contribution in [0.4, 0.5) is 0 Å². The van der Waals surface area contributed by atoms with Gasteiger partial charge in [-0.15, -0.1) is 32.9 Å². The van der Waals surface area contributed by atoms with E-state index >= 15 is 0 Å². The Balaban J connectivity index is 0.853. The molecule has 3 atom stereocenters. The van der Waals surface area contributed by atoms with Crippen LogP contribution in [0.2, 0.25) is 0 Å². The number of thiophene rings is 1. The van der Waals surface area contributed by atoms with Crippen LogP contribution in [-0.2, 0) is 25.7 Å². The number of aromatic hydroxyl groups is 1. The van der Waals surface area contributed by atoms with E-state index in [2.05, 4.69) is 31.9 Å². The fourth-order valence-electron chi connectivity index (χ4n) is 8.04. The normalized spacial score (nSPS) is 17.8. The van der Waals surface area contributed by atoms with E-state index in [1.54, 1.807) is 34.8 Å². The highest BCUT2D eigenvalue weighted by molar-refractivity contribution is 7.18. The number of thiazole rings is 1. The van der Waals surface area contributed by atoms with Crippen LogP contribution in [0.15, 0.2) is 66.2 Å². The third kappa shape index (κ3) is 10.0. The molecule has 15 heteroatoms. The zero-order valence-electron chi connectivity index (χ0n) is 34.5. The van der Waals surface area contributed by atoms with Gasteiger partial charge in [0.1, 0.15) is 22.7 Å². The summed E-state index contributed by atoms with van der Waals surface area (Å²) in [6.45, 7) is 9.14. The number of carbonyl (C=O) groups is 4. The second-order valence-electron chi connectivity index (χ2n) is 17.0. The Morgan fingerprint density at radius 2 is 1.70 bits per heavy atom. The summed E-state index contributed by atoms with van der Waals surface area (Å²) in [7, 11) is 0. The molecule has 0 aliphatic carbocycles. The van der Waals surface area contributed by atoms with Gasteiger partial charge in [0.05, 0.1) is 27.9 Å². The molecule has 2 aliphatic rings. The number of aliphatic hydroxyl groups is 1. The number of benzene rings is 2. The third-order valence-corrected chi connectivity index (χ3v) is 13.7. The van der Waals surface area contributed by atoms with Crippen molar-refractivity contribution < 1.29 is 29.4 Å². The molecule has 0 bridgehead atoms. The van der Waals surface area contributed by atoms with Gasteiger partial charge in [-0.05, 0) is 79.3 Å². The average molecular weight is 852 g/mol. The van der Waals surface area contributed by atoms with Crippen LogP contribution >= 0.6 is 22.7 Å². The maximum Gasteiger partial charge on any atom is 0.246 e. The molecule has 0 unspecified atom stereocenters. The van der Waals surface area contributed by atoms with Crippen molar-refractivity contribution in [2.75, 3.05) is 19.6 Å². The van der Waals surface area contributed by atoms with Gasteiger partial charge in [-0.1, -0.05) is 57.2 Å². The number of nitrogens with zero attached hydrogens (tertiary/aromatic N) is 5. The number of hydrogen-bond donors (Lipinski definition) is 4. The molecule has 0 spiro atoms. The second-order valence-corrected chi connectivity index (χ2v) is 18.9. The van der Waals surface area contributed by atoms with Crippen LogP contribution in [0.5, 0.6) is 5.75 Å². The number of aromatic nitrogens is 3. The summed E-state index contributed by atoms with van der Waals surface area (Å²) in [6.07, 6.45) is 2.48. The van der Waals surface area contributed by atoms with Crippen LogP contribution in [0.25, 0.3) is 31.9 Å². The van der Waals surface area contributed by atoms with Gasteiger partial charge in [0.25, 0.3) is 0 Å². The van der Waals surface area contributed by atoms with E-state index in [1.807, 2.05) is 80.6 Å². The lowest BCUT2D eigenvalue weighted by atomic mass is 9.85. The van der Waals surface area contributed by atoms with E-state index in [9.17, 15) is 29.4 Å². The molecule has 0 radical (unpaired) electrons. The minimum atomic E-state index is -0.913. The van der Waals surface area contributed by atoms with Crippen molar-refractivity contribution in [1.29, 1.82) is 0 Å². The number of para-hydroxylation sites is 1. The molecule has 4 amide bonds. The van der Waals surface area contributed by atoms with Crippen molar-refractivity contribution in [2.45, 2.75) is 103 Å². The van der Waals surface area contributed by atoms with E-state index in [1.165, 1.54) is 9.78 Å². The number of phenols is 1. The lowest BCUT2D eigenvalue weighted by Crippen LogP contribution is -2.57. The number of rotatable bonds is 13. The van der Waals surface area contributed by atoms with E-state index < -0.39 is 29.5 Å². The Morgan fingerprint density at radius 1 is 0.967 bits per heavy atom. The number of fused-ring (bicyclic) bond motifs is 1. The number of unbranched alkanes of at least 4 members (excludes halogenated alkanes) is 1. The topological polar surface area (TPSA) is 178 Å². The van der Waals surface area contributed by atoms with Gasteiger partial charge in [-0.3, -0.25) is 19.2 Å². The quantitative estimate of drug-likeness (QED) is 0.0955. The molecule has 5 aromatic rings. The number of hydrogen-bond acceptors (Lipinski definition) is 11. The fourth-order valence-corrected chi connectivity index (χ4v) is 9.98. The number of phenolic OH excluding ortho intramolecular Hbond substituents is 1. The van der Waals surface area contributed by atoms with Gasteiger partial charge in [-0.25, -0.2) is 4.98 Å². The van der Waals surface area contributed by atoms with Crippen molar-refractivity contribution in [3.63, 3.8) is 0 Å². The van der Waals surface area contributed by atoms with Crippen molar-refractivity contribution in [3.8, 4) is 27.4 Å². The van der Waals surface area contributed by atoms with Crippen molar-refractivity contribution in [1.82, 2.24) is 35.6 Å². The predicted octanol–water partition coefficient (Wildman–Crippen LogP) is 6.57. The summed E-state index contributed by atoms with van der Waals surface area (Å²) in [6, 6.07) is 17.3. The number of likely N-dealkylation sites (tertiary alicyclic amines) is 2. The molecule has 13 nitrogen and oxygen atoms in total. The first-order chi connectivity index (χ1) is 28.7. The Kier molecular flexibility index (Phi) is 13.3. The van der Waals surface area contributed by atoms with Gasteiger partial charge < -0.3 is 30.6 Å². The number of carbonyl (C=O) groups excluding carboxylic acids is 4. The summed E-state index contributed by atoms with van der Waals surface area (Å²) in [5, 5.41) is 36.5. The van der Waals surface area contributed by atoms with Crippen LogP contribution in [-0.4, -0.2) is 96.6 Å². The molecule has 5 heterocycles. The van der Waals surface area contributed by atoms with Crippen LogP contribution in [0.3, 0.4) is 0 Å². The first-order valence-electron chi connectivity index (χ1n) is 20.6. The van der Waals surface area contributed by atoms with E-state index in [0.717, 1.165) is 44.8 Å². The summed E-state index contributed by atoms with van der Waals surface area (Å²) < 4.78 is 0. The molecule has 3 aromatic heterocycles. The highest BCUT2D eigenvalue weighted by Crippen LogP contribution is 2.37. The molecule has 7 rings (SSSR count). The highest BCUT2D eigenvalue weighted by atomic mass is 32.1. The molecular weight excluding hydrogens is 799 g/mol. The standard InChI is InChI=1S/C45H53N7O6S2/c1-27-40(59-26-47-27)30-15-13-28(14-16-30)24-46-42(57)35-23-32(53)25-52(35)44(58)41(45(2,3)4)48-38(55)11-7-8-12-39(56)51-19-17-29(18-20-51)37-22-31-21-34(49-50-43(31)60-37)33-9-5-6-10-36(33)54/h5-6,9-10,13-16,21-22,26,29,32,35,41,53-54H,7-8,11-12,17-20,23-25H2,1-4H3,(H,46,57)(H,48,55)/t32-,35+,41-/m1/s1. The second kappa shape index (κ2) is 18.6. The Labute approximate surface area is 358 Å². The number of aliphatic hydroxyl groups excluding tert-OH is 1. The molecule has 2 aromatic carbocycles. The lowest BCUT2D eigenvalue weighted by Gasteiger charge is -2.35. The van der Waals surface area contributed by atoms with Crippen molar-refractivity contribution >= 4 is 56.5 Å². The molecule has 60 heavy (non-hydrogen) atoms. The zero-order chi connectivity index (χ0) is 42.6. The summed E-state index contributed by atoms with van der Waals surface area (Å²) in [4.78, 5) is 64.7. The molecular formula is C45H53N7O6S2. The first kappa shape index (κ1) is 42.9. The van der Waals surface area contributed by atoms with Gasteiger partial charge in [-0.2, -0.15) is 0 Å². The van der Waals surface area contributed by atoms with Crippen LogP contribution in [0.1, 0.15) is 87.8 Å². The third-order valence-electron chi connectivity index (χ3n) is 11.5. The lowest BCUT2D eigenvalue weighted by molar-refractivity contribution is -0.144. The molecule has 4 N–H and O–H groups in total. The molecule has 316 valence electrons. The molecule has 2 saturated heterocycles. The van der Waals surface area contributed by atoms with Gasteiger partial charge in [0.2, 0.25) is 23.6 Å². The number of amides is 4. The highest BCUT2D eigenvalue weighted by Gasteiger charge is 2.44. The largest absolute Gasteiger partial charge is 0.507 e.